The number of carbonyl (C=O) groups is 2. The van der Waals surface area contributed by atoms with Crippen molar-refractivity contribution in [2.45, 2.75) is 57.0 Å². The van der Waals surface area contributed by atoms with Gasteiger partial charge in [-0.15, -0.1) is 0 Å². The number of carbonyl (C=O) groups excluding carboxylic acids is 1. The molecule has 3 N–H and O–H groups in total. The lowest BCUT2D eigenvalue weighted by molar-refractivity contribution is -0.146. The van der Waals surface area contributed by atoms with Crippen molar-refractivity contribution < 1.29 is 14.7 Å². The second-order valence-corrected chi connectivity index (χ2v) is 6.79. The molecule has 3 unspecified atom stereocenters. The number of likely N-dealkylation sites (tertiary alicyclic amines) is 1. The molecule has 2 rings (SSSR count). The topological polar surface area (TPSA) is 81.7 Å². The third-order valence-electron chi connectivity index (χ3n) is 4.72. The molecule has 1 heterocycles. The number of hydrogen-bond donors (Lipinski definition) is 3. The van der Waals surface area contributed by atoms with Crippen molar-refractivity contribution in [2.75, 3.05) is 20.1 Å². The summed E-state index contributed by atoms with van der Waals surface area (Å²) in [5, 5.41) is 15.2. The summed E-state index contributed by atoms with van der Waals surface area (Å²) in [6.45, 7) is 3.92. The first-order chi connectivity index (χ1) is 9.91. The molecule has 0 spiro atoms. The number of aliphatic carboxylic acids is 1. The molecule has 2 aliphatic rings. The van der Waals surface area contributed by atoms with E-state index in [9.17, 15) is 14.7 Å². The van der Waals surface area contributed by atoms with Crippen molar-refractivity contribution in [3.05, 3.63) is 0 Å². The van der Waals surface area contributed by atoms with E-state index in [0.717, 1.165) is 38.8 Å². The van der Waals surface area contributed by atoms with Gasteiger partial charge in [-0.2, -0.15) is 0 Å². The Hall–Kier alpha value is -1.30. The lowest BCUT2D eigenvalue weighted by Crippen LogP contribution is -2.61. The molecule has 1 saturated carbocycles. The van der Waals surface area contributed by atoms with Crippen molar-refractivity contribution in [3.8, 4) is 0 Å². The van der Waals surface area contributed by atoms with Gasteiger partial charge in [-0.3, -0.25) is 0 Å². The molecule has 0 aromatic carbocycles. The van der Waals surface area contributed by atoms with Crippen LogP contribution in [0.25, 0.3) is 0 Å². The molecule has 120 valence electrons. The largest absolute Gasteiger partial charge is 0.480 e. The molecule has 0 aromatic rings. The summed E-state index contributed by atoms with van der Waals surface area (Å²) in [5.41, 5.74) is -1.09. The maximum atomic E-state index is 12.2. The highest BCUT2D eigenvalue weighted by Crippen LogP contribution is 2.32. The highest BCUT2D eigenvalue weighted by Gasteiger charge is 2.43. The number of likely N-dealkylation sites (N-methyl/N-ethyl adjacent to an activating group) is 1. The highest BCUT2D eigenvalue weighted by molar-refractivity contribution is 5.86. The summed E-state index contributed by atoms with van der Waals surface area (Å²) in [7, 11) is 2.04. The van der Waals surface area contributed by atoms with Crippen LogP contribution < -0.4 is 10.6 Å². The van der Waals surface area contributed by atoms with E-state index >= 15 is 0 Å². The maximum Gasteiger partial charge on any atom is 0.329 e. The van der Waals surface area contributed by atoms with Gasteiger partial charge in [0.25, 0.3) is 0 Å². The van der Waals surface area contributed by atoms with E-state index in [1.54, 1.807) is 0 Å². The number of nitrogens with one attached hydrogen (secondary N) is 2. The summed E-state index contributed by atoms with van der Waals surface area (Å²) in [4.78, 5) is 26.0. The predicted molar refractivity (Wildman–Crippen MR) is 80.2 cm³/mol. The summed E-state index contributed by atoms with van der Waals surface area (Å²) in [5.74, 6) is -0.582. The standard InChI is InChI=1S/C15H27N3O3/c1-11-5-3-7-15(9-11,13(19)20)17-14(21)16-12-6-4-8-18(2)10-12/h11-12H,3-10H2,1-2H3,(H,19,20)(H2,16,17,21). The Balaban J connectivity index is 1.93. The maximum absolute atomic E-state index is 12.2. The van der Waals surface area contributed by atoms with Crippen LogP contribution in [0.2, 0.25) is 0 Å². The van der Waals surface area contributed by atoms with Crippen LogP contribution in [0.5, 0.6) is 0 Å². The van der Waals surface area contributed by atoms with Gasteiger partial charge in [0, 0.05) is 12.6 Å². The molecule has 1 aliphatic heterocycles. The lowest BCUT2D eigenvalue weighted by Gasteiger charge is -2.38. The lowest BCUT2D eigenvalue weighted by atomic mass is 9.76. The molecular formula is C15H27N3O3. The van der Waals surface area contributed by atoms with Crippen molar-refractivity contribution >= 4 is 12.0 Å². The van der Waals surface area contributed by atoms with Gasteiger partial charge in [0.2, 0.25) is 0 Å². The van der Waals surface area contributed by atoms with Crippen molar-refractivity contribution in [1.29, 1.82) is 0 Å². The van der Waals surface area contributed by atoms with Gasteiger partial charge >= 0.3 is 12.0 Å². The van der Waals surface area contributed by atoms with Crippen LogP contribution in [-0.2, 0) is 4.79 Å². The van der Waals surface area contributed by atoms with Crippen LogP contribution >= 0.6 is 0 Å². The van der Waals surface area contributed by atoms with Crippen molar-refractivity contribution in [1.82, 2.24) is 15.5 Å². The molecule has 2 fully saturated rings. The van der Waals surface area contributed by atoms with Crippen molar-refractivity contribution in [2.24, 2.45) is 5.92 Å². The number of carboxylic acids is 1. The number of nitrogens with zero attached hydrogens (tertiary/aromatic N) is 1. The van der Waals surface area contributed by atoms with E-state index < -0.39 is 11.5 Å². The van der Waals surface area contributed by atoms with E-state index in [4.69, 9.17) is 0 Å². The molecule has 6 heteroatoms. The van der Waals surface area contributed by atoms with Gasteiger partial charge < -0.3 is 20.6 Å². The van der Waals surface area contributed by atoms with E-state index in [1.807, 2.05) is 14.0 Å². The smallest absolute Gasteiger partial charge is 0.329 e. The third-order valence-corrected chi connectivity index (χ3v) is 4.72. The molecule has 0 bridgehead atoms. The number of carboxylic acid groups (broad SMARTS) is 1. The SMILES string of the molecule is CC1CCCC(NC(=O)NC2CCCN(C)C2)(C(=O)O)C1. The molecule has 6 nitrogen and oxygen atoms in total. The van der Waals surface area contributed by atoms with Gasteiger partial charge in [0.05, 0.1) is 0 Å². The zero-order chi connectivity index (χ0) is 15.5. The zero-order valence-electron chi connectivity index (χ0n) is 13.0. The van der Waals surface area contributed by atoms with Crippen molar-refractivity contribution in [3.63, 3.8) is 0 Å². The second kappa shape index (κ2) is 6.64. The number of amides is 2. The summed E-state index contributed by atoms with van der Waals surface area (Å²) in [6.07, 6.45) is 4.92. The number of hydrogen-bond acceptors (Lipinski definition) is 3. The van der Waals surface area contributed by atoms with Gasteiger partial charge in [-0.25, -0.2) is 9.59 Å². The molecule has 0 aromatic heterocycles. The van der Waals surface area contributed by atoms with E-state index in [-0.39, 0.29) is 12.1 Å². The van der Waals surface area contributed by atoms with Crippen LogP contribution in [0.3, 0.4) is 0 Å². The second-order valence-electron chi connectivity index (χ2n) is 6.79. The average molecular weight is 297 g/mol. The Bertz CT molecular complexity index is 402. The Kier molecular flexibility index (Phi) is 5.08. The Morgan fingerprint density at radius 2 is 2.05 bits per heavy atom. The summed E-state index contributed by atoms with van der Waals surface area (Å²) in [6, 6.07) is -0.234. The quantitative estimate of drug-likeness (QED) is 0.736. The fraction of sp³-hybridized carbons (Fsp3) is 0.867. The zero-order valence-corrected chi connectivity index (χ0v) is 13.0. The van der Waals surface area contributed by atoms with Gasteiger partial charge in [0.1, 0.15) is 5.54 Å². The monoisotopic (exact) mass is 297 g/mol. The van der Waals surface area contributed by atoms with E-state index in [1.165, 1.54) is 0 Å². The Morgan fingerprint density at radius 1 is 1.29 bits per heavy atom. The molecule has 2 amide bonds. The minimum atomic E-state index is -1.09. The molecule has 0 radical (unpaired) electrons. The molecule has 1 saturated heterocycles. The Labute approximate surface area is 126 Å². The highest BCUT2D eigenvalue weighted by atomic mass is 16.4. The minimum Gasteiger partial charge on any atom is -0.480 e. The number of urea groups is 1. The molecule has 1 aliphatic carbocycles. The fourth-order valence-electron chi connectivity index (χ4n) is 3.64. The minimum absolute atomic E-state index is 0.107. The van der Waals surface area contributed by atoms with Crippen LogP contribution in [-0.4, -0.2) is 53.7 Å². The van der Waals surface area contributed by atoms with E-state index in [2.05, 4.69) is 15.5 Å². The first kappa shape index (κ1) is 16.1. The number of rotatable bonds is 3. The van der Waals surface area contributed by atoms with Gasteiger partial charge in [-0.1, -0.05) is 19.8 Å². The van der Waals surface area contributed by atoms with Gasteiger partial charge in [-0.05, 0) is 45.2 Å². The van der Waals surface area contributed by atoms with Crippen LogP contribution in [0.1, 0.15) is 45.4 Å². The first-order valence-corrected chi connectivity index (χ1v) is 7.92. The molecule has 21 heavy (non-hydrogen) atoms. The average Bonchev–Trinajstić information content (AvgIpc) is 2.38. The normalized spacial score (nSPS) is 34.2. The van der Waals surface area contributed by atoms with Crippen LogP contribution in [0, 0.1) is 5.92 Å². The van der Waals surface area contributed by atoms with E-state index in [0.29, 0.717) is 18.8 Å². The van der Waals surface area contributed by atoms with Crippen LogP contribution in [0.15, 0.2) is 0 Å². The Morgan fingerprint density at radius 3 is 2.67 bits per heavy atom. The molecular weight excluding hydrogens is 270 g/mol. The fourth-order valence-corrected chi connectivity index (χ4v) is 3.64. The summed E-state index contributed by atoms with van der Waals surface area (Å²) < 4.78 is 0. The summed E-state index contributed by atoms with van der Waals surface area (Å²) >= 11 is 0. The predicted octanol–water partition coefficient (Wildman–Crippen LogP) is 1.41. The van der Waals surface area contributed by atoms with Crippen LogP contribution in [0.4, 0.5) is 4.79 Å². The number of piperidine rings is 1. The van der Waals surface area contributed by atoms with Gasteiger partial charge in [0.15, 0.2) is 0 Å². The first-order valence-electron chi connectivity index (χ1n) is 7.92. The molecule has 3 atom stereocenters. The third kappa shape index (κ3) is 4.09.